The third-order valence-electron chi connectivity index (χ3n) is 4.43. The van der Waals surface area contributed by atoms with Crippen molar-refractivity contribution in [2.45, 2.75) is 5.92 Å². The lowest BCUT2D eigenvalue weighted by atomic mass is 9.90. The highest BCUT2D eigenvalue weighted by Crippen LogP contribution is 2.31. The molecule has 2 N–H and O–H groups in total. The van der Waals surface area contributed by atoms with Crippen LogP contribution in [-0.2, 0) is 11.8 Å². The van der Waals surface area contributed by atoms with Gasteiger partial charge in [0.25, 0.3) is 0 Å². The Morgan fingerprint density at radius 2 is 2.27 bits per heavy atom. The lowest BCUT2D eigenvalue weighted by Crippen LogP contribution is -2.28. The number of hydrogen-bond donors (Lipinski definition) is 2. The Labute approximate surface area is 159 Å². The van der Waals surface area contributed by atoms with E-state index in [-0.39, 0.29) is 17.7 Å². The molecular weight excluding hydrogens is 372 g/mol. The Balaban J connectivity index is 1.48. The minimum Gasteiger partial charge on any atom is -0.315 e. The molecule has 9 heteroatoms. The highest BCUT2D eigenvalue weighted by atomic mass is 35.5. The molecule has 1 amide bonds. The molecule has 3 heterocycles. The Kier molecular flexibility index (Phi) is 4.71. The van der Waals surface area contributed by atoms with Gasteiger partial charge in [-0.1, -0.05) is 35.1 Å². The van der Waals surface area contributed by atoms with Gasteiger partial charge in [-0.15, -0.1) is 10.2 Å². The SMILES string of the molecule is Cn1cc([C@H]2CNC[C@@H]2C(=O)Nc2nnc(-c3cccc(Cl)c3)s2)cn1. The second-order valence-corrected chi connectivity index (χ2v) is 7.64. The average Bonchev–Trinajstić information content (AvgIpc) is 3.34. The van der Waals surface area contributed by atoms with Crippen LogP contribution in [0.3, 0.4) is 0 Å². The quantitative estimate of drug-likeness (QED) is 0.717. The van der Waals surface area contributed by atoms with Gasteiger partial charge in [-0.3, -0.25) is 9.48 Å². The molecule has 0 radical (unpaired) electrons. The van der Waals surface area contributed by atoms with Crippen LogP contribution in [0.15, 0.2) is 36.7 Å². The van der Waals surface area contributed by atoms with E-state index < -0.39 is 0 Å². The van der Waals surface area contributed by atoms with Crippen molar-refractivity contribution >= 4 is 34.0 Å². The van der Waals surface area contributed by atoms with Gasteiger partial charge in [-0.2, -0.15) is 5.10 Å². The van der Waals surface area contributed by atoms with Crippen molar-refractivity contribution in [1.82, 2.24) is 25.3 Å². The first-order valence-electron chi connectivity index (χ1n) is 8.20. The van der Waals surface area contributed by atoms with E-state index in [0.29, 0.717) is 16.7 Å². The molecule has 134 valence electrons. The van der Waals surface area contributed by atoms with E-state index in [9.17, 15) is 4.79 Å². The van der Waals surface area contributed by atoms with Crippen molar-refractivity contribution in [3.63, 3.8) is 0 Å². The summed E-state index contributed by atoms with van der Waals surface area (Å²) < 4.78 is 1.75. The summed E-state index contributed by atoms with van der Waals surface area (Å²) in [5, 5.41) is 20.5. The fraction of sp³-hybridized carbons (Fsp3) is 0.294. The number of nitrogens with zero attached hydrogens (tertiary/aromatic N) is 4. The molecule has 7 nitrogen and oxygen atoms in total. The molecule has 1 aromatic carbocycles. The normalized spacial score (nSPS) is 19.6. The van der Waals surface area contributed by atoms with Crippen LogP contribution < -0.4 is 10.6 Å². The molecule has 4 rings (SSSR count). The van der Waals surface area contributed by atoms with E-state index in [1.165, 1.54) is 11.3 Å². The first kappa shape index (κ1) is 17.1. The van der Waals surface area contributed by atoms with Crippen LogP contribution in [0, 0.1) is 5.92 Å². The van der Waals surface area contributed by atoms with E-state index in [1.807, 2.05) is 37.6 Å². The van der Waals surface area contributed by atoms with Crippen molar-refractivity contribution in [1.29, 1.82) is 0 Å². The Hall–Kier alpha value is -2.29. The highest BCUT2D eigenvalue weighted by Gasteiger charge is 2.35. The number of aryl methyl sites for hydroxylation is 1. The average molecular weight is 389 g/mol. The molecule has 2 aromatic heterocycles. The number of rotatable bonds is 4. The third-order valence-corrected chi connectivity index (χ3v) is 5.55. The smallest absolute Gasteiger partial charge is 0.231 e. The molecule has 1 saturated heterocycles. The minimum atomic E-state index is -0.169. The van der Waals surface area contributed by atoms with Crippen molar-refractivity contribution in [3.8, 4) is 10.6 Å². The van der Waals surface area contributed by atoms with Crippen LogP contribution in [0.1, 0.15) is 11.5 Å². The molecule has 26 heavy (non-hydrogen) atoms. The molecule has 1 aliphatic rings. The Bertz CT molecular complexity index is 939. The second kappa shape index (κ2) is 7.14. The zero-order valence-electron chi connectivity index (χ0n) is 14.0. The zero-order valence-corrected chi connectivity index (χ0v) is 15.6. The van der Waals surface area contributed by atoms with Gasteiger partial charge in [0.1, 0.15) is 5.01 Å². The van der Waals surface area contributed by atoms with Crippen molar-refractivity contribution in [2.75, 3.05) is 18.4 Å². The third kappa shape index (κ3) is 3.48. The zero-order chi connectivity index (χ0) is 18.1. The molecule has 3 aromatic rings. The largest absolute Gasteiger partial charge is 0.315 e. The van der Waals surface area contributed by atoms with Crippen LogP contribution in [0.4, 0.5) is 5.13 Å². The summed E-state index contributed by atoms with van der Waals surface area (Å²) in [4.78, 5) is 12.7. The summed E-state index contributed by atoms with van der Waals surface area (Å²) >= 11 is 7.35. The molecular formula is C17H17ClN6OS. The van der Waals surface area contributed by atoms with Gasteiger partial charge in [-0.05, 0) is 17.7 Å². The van der Waals surface area contributed by atoms with Crippen LogP contribution in [0.5, 0.6) is 0 Å². The summed E-state index contributed by atoms with van der Waals surface area (Å²) in [6.45, 7) is 1.39. The van der Waals surface area contributed by atoms with Gasteiger partial charge >= 0.3 is 0 Å². The predicted molar refractivity (Wildman–Crippen MR) is 101 cm³/mol. The predicted octanol–water partition coefficient (Wildman–Crippen LogP) is 2.53. The van der Waals surface area contributed by atoms with Gasteiger partial charge in [0.2, 0.25) is 11.0 Å². The van der Waals surface area contributed by atoms with E-state index in [2.05, 4.69) is 25.9 Å². The first-order chi connectivity index (χ1) is 12.6. The lowest BCUT2D eigenvalue weighted by Gasteiger charge is -2.15. The van der Waals surface area contributed by atoms with Crippen molar-refractivity contribution < 1.29 is 4.79 Å². The molecule has 0 saturated carbocycles. The fourth-order valence-electron chi connectivity index (χ4n) is 3.15. The van der Waals surface area contributed by atoms with Crippen LogP contribution in [0.25, 0.3) is 10.6 Å². The number of carbonyl (C=O) groups is 1. The number of anilines is 1. The second-order valence-electron chi connectivity index (χ2n) is 6.23. The number of halogens is 1. The summed E-state index contributed by atoms with van der Waals surface area (Å²) in [5.41, 5.74) is 1.95. The van der Waals surface area contributed by atoms with Crippen molar-refractivity contribution in [2.24, 2.45) is 13.0 Å². The summed E-state index contributed by atoms with van der Waals surface area (Å²) in [5.74, 6) is -0.126. The number of benzene rings is 1. The van der Waals surface area contributed by atoms with E-state index in [1.54, 1.807) is 10.7 Å². The minimum absolute atomic E-state index is 0.0577. The number of hydrogen-bond acceptors (Lipinski definition) is 6. The maximum atomic E-state index is 12.7. The van der Waals surface area contributed by atoms with Gasteiger partial charge in [0.05, 0.1) is 12.1 Å². The number of amides is 1. The molecule has 1 aliphatic heterocycles. The van der Waals surface area contributed by atoms with Crippen LogP contribution in [-0.4, -0.2) is 39.0 Å². The Morgan fingerprint density at radius 3 is 3.04 bits per heavy atom. The molecule has 2 atom stereocenters. The Morgan fingerprint density at radius 1 is 1.38 bits per heavy atom. The summed E-state index contributed by atoms with van der Waals surface area (Å²) in [6.07, 6.45) is 3.78. The van der Waals surface area contributed by atoms with Gasteiger partial charge in [0, 0.05) is 42.8 Å². The van der Waals surface area contributed by atoms with Gasteiger partial charge < -0.3 is 10.6 Å². The van der Waals surface area contributed by atoms with E-state index >= 15 is 0 Å². The molecule has 0 bridgehead atoms. The fourth-order valence-corrected chi connectivity index (χ4v) is 4.08. The summed E-state index contributed by atoms with van der Waals surface area (Å²) in [7, 11) is 1.87. The molecule has 0 spiro atoms. The van der Waals surface area contributed by atoms with Crippen LogP contribution in [0.2, 0.25) is 5.02 Å². The molecule has 1 fully saturated rings. The van der Waals surface area contributed by atoms with Gasteiger partial charge in [0.15, 0.2) is 0 Å². The first-order valence-corrected chi connectivity index (χ1v) is 9.39. The lowest BCUT2D eigenvalue weighted by molar-refractivity contribution is -0.119. The number of nitrogens with one attached hydrogen (secondary N) is 2. The van der Waals surface area contributed by atoms with Crippen molar-refractivity contribution in [3.05, 3.63) is 47.2 Å². The standard InChI is InChI=1S/C17H17ClN6OS/c1-24-9-11(6-20-24)13-7-19-8-14(13)15(25)21-17-23-22-16(26-17)10-3-2-4-12(18)5-10/h2-6,9,13-14,19H,7-8H2,1H3,(H,21,23,25)/t13-,14+/m1/s1. The van der Waals surface area contributed by atoms with E-state index in [4.69, 9.17) is 11.6 Å². The number of carbonyl (C=O) groups excluding carboxylic acids is 1. The maximum absolute atomic E-state index is 12.7. The number of aromatic nitrogens is 4. The van der Waals surface area contributed by atoms with Gasteiger partial charge in [-0.25, -0.2) is 0 Å². The maximum Gasteiger partial charge on any atom is 0.231 e. The topological polar surface area (TPSA) is 84.7 Å². The molecule has 0 aliphatic carbocycles. The summed E-state index contributed by atoms with van der Waals surface area (Å²) in [6, 6.07) is 7.41. The monoisotopic (exact) mass is 388 g/mol. The molecule has 0 unspecified atom stereocenters. The van der Waals surface area contributed by atoms with E-state index in [0.717, 1.165) is 22.7 Å². The highest BCUT2D eigenvalue weighted by molar-refractivity contribution is 7.18. The van der Waals surface area contributed by atoms with Crippen LogP contribution >= 0.6 is 22.9 Å².